The van der Waals surface area contributed by atoms with Gasteiger partial charge in [-0.25, -0.2) is 9.37 Å². The molecule has 7 heteroatoms. The summed E-state index contributed by atoms with van der Waals surface area (Å²) in [6.07, 6.45) is 2.24. The predicted molar refractivity (Wildman–Crippen MR) is 113 cm³/mol. The average Bonchev–Trinajstić information content (AvgIpc) is 3.43. The Bertz CT molecular complexity index is 988. The summed E-state index contributed by atoms with van der Waals surface area (Å²) in [4.78, 5) is 19.4. The van der Waals surface area contributed by atoms with E-state index in [0.717, 1.165) is 41.4 Å². The van der Waals surface area contributed by atoms with Gasteiger partial charge in [0.05, 0.1) is 25.3 Å². The van der Waals surface area contributed by atoms with Crippen molar-refractivity contribution in [2.45, 2.75) is 31.9 Å². The maximum Gasteiger partial charge on any atom is 0.229 e. The molecular formula is C23H23FN2O3S. The highest BCUT2D eigenvalue weighted by atomic mass is 32.1. The number of aromatic nitrogens is 1. The van der Waals surface area contributed by atoms with Crippen LogP contribution in [-0.2, 0) is 17.8 Å². The number of methoxy groups -OCH3 is 1. The molecule has 2 aromatic carbocycles. The fraction of sp³-hybridized carbons (Fsp3) is 0.304. The lowest BCUT2D eigenvalue weighted by atomic mass is 10.0. The Labute approximate surface area is 179 Å². The summed E-state index contributed by atoms with van der Waals surface area (Å²) in [5.74, 6) is 1.19. The molecule has 0 bridgehead atoms. The van der Waals surface area contributed by atoms with E-state index in [4.69, 9.17) is 9.47 Å². The van der Waals surface area contributed by atoms with E-state index in [1.165, 1.54) is 23.5 Å². The van der Waals surface area contributed by atoms with Gasteiger partial charge in [-0.1, -0.05) is 12.1 Å². The second kappa shape index (κ2) is 9.26. The van der Waals surface area contributed by atoms with Gasteiger partial charge in [-0.3, -0.25) is 4.79 Å². The number of halogens is 1. The van der Waals surface area contributed by atoms with Gasteiger partial charge in [-0.2, -0.15) is 0 Å². The van der Waals surface area contributed by atoms with E-state index in [2.05, 4.69) is 4.98 Å². The van der Waals surface area contributed by atoms with E-state index in [1.54, 1.807) is 19.2 Å². The molecule has 30 heavy (non-hydrogen) atoms. The van der Waals surface area contributed by atoms with E-state index < -0.39 is 0 Å². The third-order valence-electron chi connectivity index (χ3n) is 5.18. The number of rotatable bonds is 7. The second-order valence-electron chi connectivity index (χ2n) is 7.17. The summed E-state index contributed by atoms with van der Waals surface area (Å²) in [5, 5.41) is 2.69. The zero-order chi connectivity index (χ0) is 20.9. The molecular weight excluding hydrogens is 403 g/mol. The first-order valence-corrected chi connectivity index (χ1v) is 10.8. The largest absolute Gasteiger partial charge is 0.497 e. The van der Waals surface area contributed by atoms with Gasteiger partial charge in [-0.15, -0.1) is 11.3 Å². The normalized spacial score (nSPS) is 15.9. The lowest BCUT2D eigenvalue weighted by molar-refractivity contribution is -0.131. The number of ether oxygens (including phenoxy) is 2. The van der Waals surface area contributed by atoms with E-state index in [9.17, 15) is 9.18 Å². The van der Waals surface area contributed by atoms with Crippen molar-refractivity contribution in [3.63, 3.8) is 0 Å². The summed E-state index contributed by atoms with van der Waals surface area (Å²) in [7, 11) is 1.65. The van der Waals surface area contributed by atoms with Crippen molar-refractivity contribution in [3.05, 3.63) is 76.0 Å². The summed E-state index contributed by atoms with van der Waals surface area (Å²) < 4.78 is 23.8. The monoisotopic (exact) mass is 426 g/mol. The molecule has 1 saturated heterocycles. The molecule has 156 valence electrons. The molecule has 5 nitrogen and oxygen atoms in total. The van der Waals surface area contributed by atoms with Crippen molar-refractivity contribution < 1.29 is 18.7 Å². The van der Waals surface area contributed by atoms with Crippen molar-refractivity contribution in [2.75, 3.05) is 13.7 Å². The van der Waals surface area contributed by atoms with Crippen molar-refractivity contribution in [2.24, 2.45) is 0 Å². The molecule has 1 aliphatic heterocycles. The van der Waals surface area contributed by atoms with Crippen LogP contribution in [0.4, 0.5) is 4.39 Å². The van der Waals surface area contributed by atoms with Gasteiger partial charge in [-0.05, 0) is 54.8 Å². The predicted octanol–water partition coefficient (Wildman–Crippen LogP) is 4.78. The number of benzene rings is 2. The van der Waals surface area contributed by atoms with Gasteiger partial charge >= 0.3 is 0 Å². The van der Waals surface area contributed by atoms with Crippen LogP contribution in [0, 0.1) is 5.82 Å². The van der Waals surface area contributed by atoms with E-state index >= 15 is 0 Å². The Kier molecular flexibility index (Phi) is 6.28. The molecule has 1 fully saturated rings. The van der Waals surface area contributed by atoms with Crippen LogP contribution in [-0.4, -0.2) is 29.4 Å². The standard InChI is InChI=1S/C23H23FN2O3S/c1-28-19-8-4-16(5-9-19)21-3-2-12-26(21)23(27)13-18-15-30-22(25-18)14-29-20-10-6-17(24)7-11-20/h4-11,15,21H,2-3,12-14H2,1H3. The van der Waals surface area contributed by atoms with Gasteiger partial charge in [0.15, 0.2) is 0 Å². The first-order valence-electron chi connectivity index (χ1n) is 9.87. The van der Waals surface area contributed by atoms with Crippen LogP contribution in [0.1, 0.15) is 35.1 Å². The van der Waals surface area contributed by atoms with Gasteiger partial charge in [0.1, 0.15) is 28.9 Å². The number of carbonyl (C=O) groups excluding carboxylic acids is 1. The maximum atomic E-state index is 13.0. The molecule has 0 radical (unpaired) electrons. The molecule has 0 saturated carbocycles. The summed E-state index contributed by atoms with van der Waals surface area (Å²) >= 11 is 1.46. The van der Waals surface area contributed by atoms with Crippen LogP contribution >= 0.6 is 11.3 Å². The van der Waals surface area contributed by atoms with Gasteiger partial charge < -0.3 is 14.4 Å². The maximum absolute atomic E-state index is 13.0. The molecule has 0 spiro atoms. The zero-order valence-corrected chi connectivity index (χ0v) is 17.5. The minimum absolute atomic E-state index is 0.0876. The third kappa shape index (κ3) is 4.79. The highest BCUT2D eigenvalue weighted by molar-refractivity contribution is 7.09. The lowest BCUT2D eigenvalue weighted by Gasteiger charge is -2.25. The Morgan fingerprint density at radius 3 is 2.63 bits per heavy atom. The molecule has 1 atom stereocenters. The van der Waals surface area contributed by atoms with Crippen molar-refractivity contribution in [1.82, 2.24) is 9.88 Å². The first kappa shape index (κ1) is 20.3. The second-order valence-corrected chi connectivity index (χ2v) is 8.11. The number of amides is 1. The molecule has 0 aliphatic carbocycles. The molecule has 1 amide bonds. The topological polar surface area (TPSA) is 51.7 Å². The number of nitrogens with zero attached hydrogens (tertiary/aromatic N) is 2. The van der Waals surface area contributed by atoms with Crippen LogP contribution in [0.15, 0.2) is 53.9 Å². The smallest absolute Gasteiger partial charge is 0.229 e. The Balaban J connectivity index is 1.35. The fourth-order valence-corrected chi connectivity index (χ4v) is 4.37. The highest BCUT2D eigenvalue weighted by Gasteiger charge is 2.30. The number of hydrogen-bond acceptors (Lipinski definition) is 5. The average molecular weight is 427 g/mol. The Hall–Kier alpha value is -2.93. The number of thiazole rings is 1. The highest BCUT2D eigenvalue weighted by Crippen LogP contribution is 2.33. The van der Waals surface area contributed by atoms with Crippen LogP contribution in [0.5, 0.6) is 11.5 Å². The summed E-state index contributed by atoms with van der Waals surface area (Å²) in [5.41, 5.74) is 1.89. The Morgan fingerprint density at radius 1 is 1.17 bits per heavy atom. The van der Waals surface area contributed by atoms with E-state index in [1.807, 2.05) is 34.5 Å². The minimum Gasteiger partial charge on any atom is -0.497 e. The lowest BCUT2D eigenvalue weighted by Crippen LogP contribution is -2.31. The number of carbonyl (C=O) groups is 1. The molecule has 4 rings (SSSR count). The van der Waals surface area contributed by atoms with Crippen LogP contribution in [0.2, 0.25) is 0 Å². The van der Waals surface area contributed by atoms with Crippen LogP contribution in [0.25, 0.3) is 0 Å². The van der Waals surface area contributed by atoms with Crippen molar-refractivity contribution >= 4 is 17.2 Å². The first-order chi connectivity index (χ1) is 14.6. The number of hydrogen-bond donors (Lipinski definition) is 0. The van der Waals surface area contributed by atoms with E-state index in [0.29, 0.717) is 12.4 Å². The molecule has 1 unspecified atom stereocenters. The molecule has 0 N–H and O–H groups in total. The molecule has 1 aromatic heterocycles. The third-order valence-corrected chi connectivity index (χ3v) is 6.05. The quantitative estimate of drug-likeness (QED) is 0.546. The summed E-state index contributed by atoms with van der Waals surface area (Å²) in [6.45, 7) is 1.06. The molecule has 3 aromatic rings. The van der Waals surface area contributed by atoms with Gasteiger partial charge in [0.2, 0.25) is 5.91 Å². The fourth-order valence-electron chi connectivity index (χ4n) is 3.67. The van der Waals surface area contributed by atoms with Crippen LogP contribution < -0.4 is 9.47 Å². The zero-order valence-electron chi connectivity index (χ0n) is 16.7. The molecule has 1 aliphatic rings. The van der Waals surface area contributed by atoms with Crippen molar-refractivity contribution in [1.29, 1.82) is 0 Å². The SMILES string of the molecule is COc1ccc(C2CCCN2C(=O)Cc2csc(COc3ccc(F)cc3)n2)cc1. The number of likely N-dealkylation sites (tertiary alicyclic amines) is 1. The summed E-state index contributed by atoms with van der Waals surface area (Å²) in [6, 6.07) is 13.9. The van der Waals surface area contributed by atoms with Gasteiger partial charge in [0.25, 0.3) is 0 Å². The Morgan fingerprint density at radius 2 is 1.90 bits per heavy atom. The molecule has 2 heterocycles. The minimum atomic E-state index is -0.299. The van der Waals surface area contributed by atoms with E-state index in [-0.39, 0.29) is 24.2 Å². The van der Waals surface area contributed by atoms with Gasteiger partial charge in [0, 0.05) is 11.9 Å². The van der Waals surface area contributed by atoms with Crippen molar-refractivity contribution in [3.8, 4) is 11.5 Å². The van der Waals surface area contributed by atoms with Crippen LogP contribution in [0.3, 0.4) is 0 Å².